The first kappa shape index (κ1) is 19.4. The van der Waals surface area contributed by atoms with Crippen LogP contribution < -0.4 is 0 Å². The zero-order valence-corrected chi connectivity index (χ0v) is 12.2. The van der Waals surface area contributed by atoms with Crippen LogP contribution >= 0.6 is 0 Å². The maximum atomic E-state index is 11.0. The molecule has 0 aliphatic carbocycles. The Balaban J connectivity index is 2.16. The number of carboxylic acids is 1. The summed E-state index contributed by atoms with van der Waals surface area (Å²) in [6.45, 7) is -0.732. The lowest BCUT2D eigenvalue weighted by atomic mass is 9.97. The van der Waals surface area contributed by atoms with Crippen LogP contribution in [0.1, 0.15) is 0 Å². The number of carbonyl (C=O) groups is 1. The minimum Gasteiger partial charge on any atom is -0.479 e. The molecule has 0 amide bonds. The van der Waals surface area contributed by atoms with E-state index in [-0.39, 0.29) is 0 Å². The molecule has 2 aliphatic rings. The van der Waals surface area contributed by atoms with E-state index in [1.165, 1.54) is 0 Å². The van der Waals surface area contributed by atoms with E-state index in [2.05, 4.69) is 4.74 Å². The first-order chi connectivity index (χ1) is 11.2. The van der Waals surface area contributed by atoms with Crippen LogP contribution in [-0.4, -0.2) is 115 Å². The topological polar surface area (TPSA) is 207 Å². The van der Waals surface area contributed by atoms with Crippen LogP contribution in [0.25, 0.3) is 0 Å². The maximum absolute atomic E-state index is 11.0. The molecule has 10 atom stereocenters. The highest BCUT2D eigenvalue weighted by molar-refractivity contribution is 5.73. The van der Waals surface area contributed by atoms with Crippen molar-refractivity contribution < 1.29 is 59.9 Å². The Labute approximate surface area is 135 Å². The molecule has 2 aliphatic heterocycles. The van der Waals surface area contributed by atoms with Crippen LogP contribution in [0.15, 0.2) is 0 Å². The largest absolute Gasteiger partial charge is 0.479 e. The van der Waals surface area contributed by atoms with Crippen LogP contribution in [0.2, 0.25) is 0 Å². The molecule has 0 aromatic rings. The fraction of sp³-hybridized carbons (Fsp3) is 0.917. The number of aliphatic hydroxyl groups is 7. The highest BCUT2D eigenvalue weighted by Crippen LogP contribution is 2.28. The molecule has 140 valence electrons. The number of carboxylic acid groups (broad SMARTS) is 1. The highest BCUT2D eigenvalue weighted by Gasteiger charge is 2.51. The Kier molecular flexibility index (Phi) is 6.09. The molecule has 2 saturated heterocycles. The third-order valence-corrected chi connectivity index (χ3v) is 3.94. The third-order valence-electron chi connectivity index (χ3n) is 3.94. The number of ether oxygens (including phenoxy) is 3. The second-order valence-electron chi connectivity index (χ2n) is 5.56. The molecule has 12 nitrogen and oxygen atoms in total. The van der Waals surface area contributed by atoms with Crippen molar-refractivity contribution in [3.05, 3.63) is 0 Å². The average Bonchev–Trinajstić information content (AvgIpc) is 2.54. The molecule has 0 aromatic heterocycles. The van der Waals surface area contributed by atoms with Crippen LogP contribution in [0.5, 0.6) is 0 Å². The molecule has 2 fully saturated rings. The molecule has 0 radical (unpaired) electrons. The summed E-state index contributed by atoms with van der Waals surface area (Å²) in [7, 11) is 0. The molecule has 0 spiro atoms. The Morgan fingerprint density at radius 2 is 1.50 bits per heavy atom. The summed E-state index contributed by atoms with van der Waals surface area (Å²) < 4.78 is 14.7. The van der Waals surface area contributed by atoms with Crippen molar-refractivity contribution in [2.24, 2.45) is 0 Å². The van der Waals surface area contributed by atoms with E-state index in [0.29, 0.717) is 0 Å². The van der Waals surface area contributed by atoms with Gasteiger partial charge in [-0.3, -0.25) is 0 Å². The molecule has 1 unspecified atom stereocenters. The smallest absolute Gasteiger partial charge is 0.335 e. The zero-order chi connectivity index (χ0) is 18.2. The Morgan fingerprint density at radius 3 is 2.04 bits per heavy atom. The normalized spacial score (nSPS) is 49.8. The Morgan fingerprint density at radius 1 is 0.875 bits per heavy atom. The van der Waals surface area contributed by atoms with Gasteiger partial charge in [-0.2, -0.15) is 0 Å². The summed E-state index contributed by atoms with van der Waals surface area (Å²) in [6, 6.07) is 0. The van der Waals surface area contributed by atoms with Gasteiger partial charge in [-0.25, -0.2) is 4.79 Å². The number of rotatable bonds is 4. The lowest BCUT2D eigenvalue weighted by Crippen LogP contribution is -2.65. The molecular weight excluding hydrogens is 336 g/mol. The molecular formula is C12H20O12. The second kappa shape index (κ2) is 7.53. The van der Waals surface area contributed by atoms with E-state index in [1.807, 2.05) is 0 Å². The van der Waals surface area contributed by atoms with Gasteiger partial charge in [0.05, 0.1) is 6.61 Å². The van der Waals surface area contributed by atoms with Gasteiger partial charge in [0, 0.05) is 0 Å². The highest BCUT2D eigenvalue weighted by atomic mass is 16.7. The first-order valence-corrected chi connectivity index (χ1v) is 7.07. The van der Waals surface area contributed by atoms with Crippen molar-refractivity contribution in [2.75, 3.05) is 6.61 Å². The van der Waals surface area contributed by atoms with Gasteiger partial charge in [-0.05, 0) is 0 Å². The second-order valence-corrected chi connectivity index (χ2v) is 5.56. The van der Waals surface area contributed by atoms with Gasteiger partial charge in [0.1, 0.15) is 42.7 Å². The summed E-state index contributed by atoms with van der Waals surface area (Å²) in [5, 5.41) is 76.4. The van der Waals surface area contributed by atoms with Crippen molar-refractivity contribution in [3.8, 4) is 0 Å². The summed E-state index contributed by atoms with van der Waals surface area (Å²) in [6.07, 6.45) is -17.8. The standard InChI is InChI=1S/C12H20O12/c13-1-2-3(14)4(15)5(16)12(22-2)24-8-6(17)9(10(19)20)23-11(21)7(8)18/h2-9,11-18,21H,1H2,(H,19,20)/t2-,3-,4+,5-,6+,7-,8+,9+,11?,12+/m1/s1. The molecule has 0 saturated carbocycles. The third kappa shape index (κ3) is 3.52. The number of aliphatic carboxylic acids is 1. The molecule has 2 heterocycles. The van der Waals surface area contributed by atoms with Gasteiger partial charge >= 0.3 is 5.97 Å². The van der Waals surface area contributed by atoms with Gasteiger partial charge in [-0.1, -0.05) is 0 Å². The van der Waals surface area contributed by atoms with Crippen LogP contribution in [0.3, 0.4) is 0 Å². The quantitative estimate of drug-likeness (QED) is 0.238. The van der Waals surface area contributed by atoms with Crippen LogP contribution in [0.4, 0.5) is 0 Å². The minimum absolute atomic E-state index is 0.732. The average molecular weight is 356 g/mol. The van der Waals surface area contributed by atoms with Gasteiger partial charge in [0.15, 0.2) is 18.7 Å². The predicted octanol–water partition coefficient (Wildman–Crippen LogP) is -5.30. The van der Waals surface area contributed by atoms with E-state index < -0.39 is 74.0 Å². The van der Waals surface area contributed by atoms with E-state index in [0.717, 1.165) is 0 Å². The van der Waals surface area contributed by atoms with Gasteiger partial charge in [-0.15, -0.1) is 0 Å². The fourth-order valence-corrected chi connectivity index (χ4v) is 2.55. The number of hydrogen-bond donors (Lipinski definition) is 8. The van der Waals surface area contributed by atoms with Crippen molar-refractivity contribution >= 4 is 5.97 Å². The summed E-state index contributed by atoms with van der Waals surface area (Å²) >= 11 is 0. The van der Waals surface area contributed by atoms with E-state index in [4.69, 9.17) is 19.7 Å². The first-order valence-electron chi connectivity index (χ1n) is 7.07. The van der Waals surface area contributed by atoms with Gasteiger partial charge in [0.25, 0.3) is 0 Å². The Bertz CT molecular complexity index is 444. The lowest BCUT2D eigenvalue weighted by molar-refractivity contribution is -0.352. The molecule has 12 heteroatoms. The van der Waals surface area contributed by atoms with Crippen LogP contribution in [-0.2, 0) is 19.0 Å². The van der Waals surface area contributed by atoms with Gasteiger partial charge < -0.3 is 55.1 Å². The van der Waals surface area contributed by atoms with Crippen LogP contribution in [0, 0.1) is 0 Å². The van der Waals surface area contributed by atoms with E-state index >= 15 is 0 Å². The minimum atomic E-state index is -2.00. The molecule has 0 bridgehead atoms. The van der Waals surface area contributed by atoms with Crippen molar-refractivity contribution in [1.82, 2.24) is 0 Å². The van der Waals surface area contributed by atoms with E-state index in [1.54, 1.807) is 0 Å². The maximum Gasteiger partial charge on any atom is 0.335 e. The summed E-state index contributed by atoms with van der Waals surface area (Å²) in [4.78, 5) is 11.0. The number of aliphatic hydroxyl groups excluding tert-OH is 7. The van der Waals surface area contributed by atoms with Gasteiger partial charge in [0.2, 0.25) is 0 Å². The summed E-state index contributed by atoms with van der Waals surface area (Å²) in [5.41, 5.74) is 0. The molecule has 8 N–H and O–H groups in total. The van der Waals surface area contributed by atoms with Crippen molar-refractivity contribution in [2.45, 2.75) is 61.4 Å². The molecule has 0 aromatic carbocycles. The number of hydrogen-bond acceptors (Lipinski definition) is 11. The zero-order valence-electron chi connectivity index (χ0n) is 12.2. The van der Waals surface area contributed by atoms with E-state index in [9.17, 15) is 35.4 Å². The SMILES string of the molecule is O=C(O)[C@H]1OC(O)[C@H](O)[C@@H](O[C@@H]2O[C@H](CO)[C@@H](O)[C@H](O)[C@H]2O)[C@@H]1O. The fourth-order valence-electron chi connectivity index (χ4n) is 2.55. The van der Waals surface area contributed by atoms with Crippen molar-refractivity contribution in [1.29, 1.82) is 0 Å². The summed E-state index contributed by atoms with van der Waals surface area (Å²) in [5.74, 6) is -1.63. The molecule has 2 rings (SSSR count). The lowest BCUT2D eigenvalue weighted by Gasteiger charge is -2.44. The van der Waals surface area contributed by atoms with Crippen molar-refractivity contribution in [3.63, 3.8) is 0 Å². The molecule has 24 heavy (non-hydrogen) atoms. The monoisotopic (exact) mass is 356 g/mol. The predicted molar refractivity (Wildman–Crippen MR) is 69.2 cm³/mol. The Hall–Kier alpha value is -0.930.